The fourth-order valence-corrected chi connectivity index (χ4v) is 4.23. The highest BCUT2D eigenvalue weighted by molar-refractivity contribution is 7.92. The van der Waals surface area contributed by atoms with Crippen LogP contribution in [-0.4, -0.2) is 33.7 Å². The van der Waals surface area contributed by atoms with E-state index >= 15 is 0 Å². The number of para-hydroxylation sites is 3. The highest BCUT2D eigenvalue weighted by atomic mass is 32.2. The molecule has 0 heterocycles. The highest BCUT2D eigenvalue weighted by Crippen LogP contribution is 2.30. The minimum atomic E-state index is -3.75. The summed E-state index contributed by atoms with van der Waals surface area (Å²) in [5.74, 6) is 1.05. The molecule has 0 bridgehead atoms. The van der Waals surface area contributed by atoms with Crippen molar-refractivity contribution in [3.63, 3.8) is 0 Å². The zero-order valence-electron chi connectivity index (χ0n) is 17.5. The maximum absolute atomic E-state index is 13.0. The summed E-state index contributed by atoms with van der Waals surface area (Å²) in [5.41, 5.74) is 0.764. The number of anilines is 2. The zero-order chi connectivity index (χ0) is 22.4. The van der Waals surface area contributed by atoms with Crippen LogP contribution in [0.3, 0.4) is 0 Å². The number of carbonyl (C=O) groups excluding carboxylic acids is 1. The van der Waals surface area contributed by atoms with Gasteiger partial charge in [-0.3, -0.25) is 9.10 Å². The number of nitrogens with one attached hydrogen (secondary N) is 1. The molecule has 0 aliphatic heterocycles. The predicted molar refractivity (Wildman–Crippen MR) is 121 cm³/mol. The molecule has 0 fully saturated rings. The molecule has 1 atom stereocenters. The molecule has 0 unspecified atom stereocenters. The lowest BCUT2D eigenvalue weighted by atomic mass is 10.2. The smallest absolute Gasteiger partial charge is 0.248 e. The summed E-state index contributed by atoms with van der Waals surface area (Å²) in [6.45, 7) is 1.52. The van der Waals surface area contributed by atoms with Gasteiger partial charge in [0.2, 0.25) is 15.9 Å². The van der Waals surface area contributed by atoms with Gasteiger partial charge in [-0.25, -0.2) is 8.42 Å². The molecule has 7 nitrogen and oxygen atoms in total. The van der Waals surface area contributed by atoms with Crippen molar-refractivity contribution in [2.45, 2.75) is 13.0 Å². The zero-order valence-corrected chi connectivity index (χ0v) is 18.3. The van der Waals surface area contributed by atoms with Gasteiger partial charge in [-0.2, -0.15) is 0 Å². The first-order chi connectivity index (χ1) is 14.8. The van der Waals surface area contributed by atoms with Crippen LogP contribution in [0.5, 0.6) is 17.2 Å². The first kappa shape index (κ1) is 22.2. The number of methoxy groups -OCH3 is 1. The van der Waals surface area contributed by atoms with Crippen molar-refractivity contribution in [1.29, 1.82) is 0 Å². The van der Waals surface area contributed by atoms with E-state index in [-0.39, 0.29) is 0 Å². The van der Waals surface area contributed by atoms with Gasteiger partial charge in [-0.15, -0.1) is 0 Å². The quantitative estimate of drug-likeness (QED) is 0.565. The second-order valence-electron chi connectivity index (χ2n) is 6.84. The van der Waals surface area contributed by atoms with Crippen LogP contribution in [0.2, 0.25) is 0 Å². The van der Waals surface area contributed by atoms with Crippen molar-refractivity contribution in [1.82, 2.24) is 0 Å². The molecule has 0 aromatic heterocycles. The average molecular weight is 441 g/mol. The molecule has 0 spiro atoms. The SMILES string of the molecule is COc1cccc(N([C@H](C)C(=O)Nc2ccccc2Oc2ccccc2)S(C)(=O)=O)c1. The van der Waals surface area contributed by atoms with Crippen LogP contribution in [0, 0.1) is 0 Å². The van der Waals surface area contributed by atoms with Gasteiger partial charge in [0.05, 0.1) is 24.7 Å². The number of rotatable bonds is 8. The highest BCUT2D eigenvalue weighted by Gasteiger charge is 2.30. The summed E-state index contributed by atoms with van der Waals surface area (Å²) in [4.78, 5) is 13.0. The molecular formula is C23H24N2O5S. The Morgan fingerprint density at radius 3 is 2.26 bits per heavy atom. The van der Waals surface area contributed by atoms with E-state index in [1.165, 1.54) is 14.0 Å². The van der Waals surface area contributed by atoms with Crippen LogP contribution in [0.25, 0.3) is 0 Å². The topological polar surface area (TPSA) is 84.9 Å². The average Bonchev–Trinajstić information content (AvgIpc) is 2.75. The van der Waals surface area contributed by atoms with Gasteiger partial charge in [0.15, 0.2) is 5.75 Å². The van der Waals surface area contributed by atoms with Gasteiger partial charge in [0.1, 0.15) is 17.5 Å². The minimum Gasteiger partial charge on any atom is -0.497 e. The molecule has 1 N–H and O–H groups in total. The molecule has 1 amide bonds. The summed E-state index contributed by atoms with van der Waals surface area (Å²) in [6.07, 6.45) is 1.06. The molecule has 162 valence electrons. The third-order valence-electron chi connectivity index (χ3n) is 4.51. The van der Waals surface area contributed by atoms with E-state index in [0.717, 1.165) is 10.6 Å². The van der Waals surface area contributed by atoms with E-state index in [0.29, 0.717) is 28.6 Å². The van der Waals surface area contributed by atoms with E-state index in [4.69, 9.17) is 9.47 Å². The maximum Gasteiger partial charge on any atom is 0.248 e. The number of hydrogen-bond acceptors (Lipinski definition) is 5. The van der Waals surface area contributed by atoms with Crippen LogP contribution in [0.1, 0.15) is 6.92 Å². The molecule has 3 rings (SSSR count). The largest absolute Gasteiger partial charge is 0.497 e. The second-order valence-corrected chi connectivity index (χ2v) is 8.70. The Kier molecular flexibility index (Phi) is 6.81. The fraction of sp³-hybridized carbons (Fsp3) is 0.174. The Morgan fingerprint density at radius 1 is 0.935 bits per heavy atom. The van der Waals surface area contributed by atoms with Gasteiger partial charge in [0, 0.05) is 6.07 Å². The number of amides is 1. The van der Waals surface area contributed by atoms with Crippen molar-refractivity contribution in [2.75, 3.05) is 23.0 Å². The summed E-state index contributed by atoms with van der Waals surface area (Å²) in [5, 5.41) is 2.78. The van der Waals surface area contributed by atoms with Crippen LogP contribution >= 0.6 is 0 Å². The molecule has 3 aromatic carbocycles. The Balaban J connectivity index is 1.86. The predicted octanol–water partition coefficient (Wildman–Crippen LogP) is 4.28. The number of nitrogens with zero attached hydrogens (tertiary/aromatic N) is 1. The van der Waals surface area contributed by atoms with E-state index in [2.05, 4.69) is 5.32 Å². The van der Waals surface area contributed by atoms with Crippen molar-refractivity contribution < 1.29 is 22.7 Å². The number of sulfonamides is 1. The van der Waals surface area contributed by atoms with Gasteiger partial charge in [-0.05, 0) is 43.3 Å². The fourth-order valence-electron chi connectivity index (χ4n) is 3.07. The lowest BCUT2D eigenvalue weighted by Gasteiger charge is -2.28. The molecule has 0 saturated heterocycles. The number of ether oxygens (including phenoxy) is 2. The monoisotopic (exact) mass is 440 g/mol. The lowest BCUT2D eigenvalue weighted by molar-refractivity contribution is -0.116. The second kappa shape index (κ2) is 9.53. The third kappa shape index (κ3) is 5.55. The van der Waals surface area contributed by atoms with Crippen LogP contribution < -0.4 is 19.1 Å². The Labute approximate surface area is 182 Å². The molecule has 0 aliphatic rings. The standard InChI is InChI=1S/C23H24N2O5S/c1-17(25(31(3,27)28)18-10-9-13-20(16-18)29-2)23(26)24-21-14-7-8-15-22(21)30-19-11-5-4-6-12-19/h4-17H,1-3H3,(H,24,26)/t17-/m1/s1. The van der Waals surface area contributed by atoms with Crippen LogP contribution in [-0.2, 0) is 14.8 Å². The van der Waals surface area contributed by atoms with E-state index in [9.17, 15) is 13.2 Å². The minimum absolute atomic E-state index is 0.332. The Morgan fingerprint density at radius 2 is 1.58 bits per heavy atom. The molecule has 31 heavy (non-hydrogen) atoms. The van der Waals surface area contributed by atoms with E-state index < -0.39 is 22.0 Å². The van der Waals surface area contributed by atoms with Crippen LogP contribution in [0.4, 0.5) is 11.4 Å². The molecule has 0 radical (unpaired) electrons. The van der Waals surface area contributed by atoms with Crippen LogP contribution in [0.15, 0.2) is 78.9 Å². The number of benzene rings is 3. The normalized spacial score (nSPS) is 12.0. The van der Waals surface area contributed by atoms with Crippen molar-refractivity contribution in [3.05, 3.63) is 78.9 Å². The van der Waals surface area contributed by atoms with E-state index in [1.54, 1.807) is 60.7 Å². The first-order valence-corrected chi connectivity index (χ1v) is 11.4. The molecule has 8 heteroatoms. The van der Waals surface area contributed by atoms with Gasteiger partial charge in [-0.1, -0.05) is 36.4 Å². The van der Waals surface area contributed by atoms with E-state index in [1.807, 2.05) is 18.2 Å². The summed E-state index contributed by atoms with van der Waals surface area (Å²) in [6, 6.07) is 21.7. The Hall–Kier alpha value is -3.52. The number of hydrogen-bond donors (Lipinski definition) is 1. The molecule has 3 aromatic rings. The summed E-state index contributed by atoms with van der Waals surface area (Å²) >= 11 is 0. The number of carbonyl (C=O) groups is 1. The summed E-state index contributed by atoms with van der Waals surface area (Å²) < 4.78 is 37.2. The Bertz CT molecular complexity index is 1150. The first-order valence-electron chi connectivity index (χ1n) is 9.56. The molecular weight excluding hydrogens is 416 g/mol. The third-order valence-corrected chi connectivity index (χ3v) is 5.75. The lowest BCUT2D eigenvalue weighted by Crippen LogP contribution is -2.45. The molecule has 0 aliphatic carbocycles. The van der Waals surface area contributed by atoms with Crippen molar-refractivity contribution in [2.24, 2.45) is 0 Å². The van der Waals surface area contributed by atoms with Crippen molar-refractivity contribution in [3.8, 4) is 17.2 Å². The maximum atomic E-state index is 13.0. The van der Waals surface area contributed by atoms with Gasteiger partial charge >= 0.3 is 0 Å². The van der Waals surface area contributed by atoms with Crippen molar-refractivity contribution >= 4 is 27.3 Å². The van der Waals surface area contributed by atoms with Gasteiger partial charge < -0.3 is 14.8 Å². The van der Waals surface area contributed by atoms with Gasteiger partial charge in [0.25, 0.3) is 0 Å². The summed E-state index contributed by atoms with van der Waals surface area (Å²) in [7, 11) is -2.26. The molecule has 0 saturated carbocycles.